The van der Waals surface area contributed by atoms with Gasteiger partial charge >= 0.3 is 0 Å². The topological polar surface area (TPSA) is 33.1 Å². The van der Waals surface area contributed by atoms with E-state index < -0.39 is 0 Å². The third-order valence-electron chi connectivity index (χ3n) is 5.01. The molecule has 3 heterocycles. The molecule has 1 aromatic heterocycles. The van der Waals surface area contributed by atoms with Crippen molar-refractivity contribution < 1.29 is 0 Å². The summed E-state index contributed by atoms with van der Waals surface area (Å²) in [5.74, 6) is 1.63. The van der Waals surface area contributed by atoms with Gasteiger partial charge in [-0.3, -0.25) is 4.90 Å². The van der Waals surface area contributed by atoms with Crippen LogP contribution in [0, 0.1) is 11.8 Å². The van der Waals surface area contributed by atoms with Gasteiger partial charge in [0.25, 0.3) is 0 Å². The van der Waals surface area contributed by atoms with E-state index in [-0.39, 0.29) is 0 Å². The van der Waals surface area contributed by atoms with E-state index in [1.807, 2.05) is 12.5 Å². The summed E-state index contributed by atoms with van der Waals surface area (Å²) in [4.78, 5) is 6.92. The molecule has 0 radical (unpaired) electrons. The molecule has 2 unspecified atom stereocenters. The molecule has 2 saturated heterocycles. The number of likely N-dealkylation sites (tertiary alicyclic amines) is 1. The Labute approximate surface area is 109 Å². The molecule has 2 aliphatic rings. The number of imidazole rings is 1. The van der Waals surface area contributed by atoms with Crippen LogP contribution in [0.25, 0.3) is 0 Å². The first-order valence-corrected chi connectivity index (χ1v) is 7.07. The maximum Gasteiger partial charge on any atom is 0.0948 e. The van der Waals surface area contributed by atoms with Gasteiger partial charge < -0.3 is 9.88 Å². The van der Waals surface area contributed by atoms with Gasteiger partial charge in [0.2, 0.25) is 0 Å². The van der Waals surface area contributed by atoms with Crippen molar-refractivity contribution in [3.63, 3.8) is 0 Å². The van der Waals surface area contributed by atoms with Crippen molar-refractivity contribution in [2.45, 2.75) is 39.4 Å². The van der Waals surface area contributed by atoms with Crippen LogP contribution in [-0.2, 0) is 13.1 Å². The van der Waals surface area contributed by atoms with Gasteiger partial charge in [0, 0.05) is 37.9 Å². The summed E-state index contributed by atoms with van der Waals surface area (Å²) in [5.41, 5.74) is 1.65. The number of aryl methyl sites for hydroxylation is 1. The third kappa shape index (κ3) is 1.79. The highest BCUT2D eigenvalue weighted by atomic mass is 15.3. The molecule has 0 aliphatic carbocycles. The number of nitrogens with zero attached hydrogens (tertiary/aromatic N) is 3. The first-order chi connectivity index (χ1) is 8.63. The number of nitrogens with one attached hydrogen (secondary N) is 1. The maximum absolute atomic E-state index is 4.28. The molecule has 1 N–H and O–H groups in total. The summed E-state index contributed by atoms with van der Waals surface area (Å²) in [5, 5.41) is 3.54. The van der Waals surface area contributed by atoms with E-state index in [0.717, 1.165) is 24.9 Å². The highest BCUT2D eigenvalue weighted by Gasteiger charge is 2.49. The van der Waals surface area contributed by atoms with Crippen molar-refractivity contribution in [2.24, 2.45) is 11.8 Å². The average Bonchev–Trinajstić information content (AvgIpc) is 2.99. The van der Waals surface area contributed by atoms with Crippen LogP contribution in [0.1, 0.15) is 26.5 Å². The van der Waals surface area contributed by atoms with Crippen LogP contribution in [-0.4, -0.2) is 39.6 Å². The summed E-state index contributed by atoms with van der Waals surface area (Å²) in [6.45, 7) is 12.6. The van der Waals surface area contributed by atoms with E-state index >= 15 is 0 Å². The number of hydrogen-bond acceptors (Lipinski definition) is 3. The first-order valence-electron chi connectivity index (χ1n) is 7.07. The van der Waals surface area contributed by atoms with Gasteiger partial charge in [-0.2, -0.15) is 0 Å². The predicted molar refractivity (Wildman–Crippen MR) is 72.2 cm³/mol. The molecule has 4 nitrogen and oxygen atoms in total. The minimum Gasteiger partial charge on any atom is -0.334 e. The lowest BCUT2D eigenvalue weighted by Gasteiger charge is -2.35. The second kappa shape index (κ2) is 4.35. The van der Waals surface area contributed by atoms with Crippen molar-refractivity contribution in [3.8, 4) is 0 Å². The van der Waals surface area contributed by atoms with Crippen LogP contribution < -0.4 is 5.32 Å². The molecular formula is C14H24N4. The maximum atomic E-state index is 4.28. The number of fused-ring (bicyclic) bond motifs is 1. The molecule has 4 heteroatoms. The lowest BCUT2D eigenvalue weighted by atomic mass is 9.85. The second-order valence-electron chi connectivity index (χ2n) is 6.23. The Kier molecular flexibility index (Phi) is 2.94. The fourth-order valence-electron chi connectivity index (χ4n) is 3.73. The molecule has 0 spiro atoms. The standard InChI is InChI=1S/C14H24N4/c1-4-17-10-16-6-12(17)9-18-8-11-5-15-7-13(11)14(18,2)3/h6,10-11,13,15H,4-5,7-9H2,1-3H3. The van der Waals surface area contributed by atoms with E-state index in [0.29, 0.717) is 5.54 Å². The SMILES string of the molecule is CCn1cncc1CN1CC2CNCC2C1(C)C. The Hall–Kier alpha value is -0.870. The number of aromatic nitrogens is 2. The molecule has 1 aromatic rings. The molecule has 3 rings (SSSR count). The summed E-state index contributed by atoms with van der Waals surface area (Å²) in [7, 11) is 0. The largest absolute Gasteiger partial charge is 0.334 e. The highest BCUT2D eigenvalue weighted by Crippen LogP contribution is 2.41. The fraction of sp³-hybridized carbons (Fsp3) is 0.786. The quantitative estimate of drug-likeness (QED) is 0.876. The normalized spacial score (nSPS) is 30.8. The van der Waals surface area contributed by atoms with Gasteiger partial charge in [-0.05, 0) is 39.2 Å². The molecule has 0 saturated carbocycles. The number of rotatable bonds is 3. The summed E-state index contributed by atoms with van der Waals surface area (Å²) >= 11 is 0. The van der Waals surface area contributed by atoms with Gasteiger partial charge in [-0.1, -0.05) is 0 Å². The van der Waals surface area contributed by atoms with Gasteiger partial charge in [0.05, 0.1) is 12.0 Å². The van der Waals surface area contributed by atoms with Crippen LogP contribution >= 0.6 is 0 Å². The smallest absolute Gasteiger partial charge is 0.0948 e. The molecule has 0 bridgehead atoms. The Morgan fingerprint density at radius 2 is 2.28 bits per heavy atom. The summed E-state index contributed by atoms with van der Waals surface area (Å²) < 4.78 is 2.25. The van der Waals surface area contributed by atoms with Crippen LogP contribution in [0.15, 0.2) is 12.5 Å². The van der Waals surface area contributed by atoms with E-state index in [9.17, 15) is 0 Å². The van der Waals surface area contributed by atoms with Crippen molar-refractivity contribution in [1.29, 1.82) is 0 Å². The van der Waals surface area contributed by atoms with Gasteiger partial charge in [-0.15, -0.1) is 0 Å². The predicted octanol–water partition coefficient (Wildman–Crippen LogP) is 1.33. The lowest BCUT2D eigenvalue weighted by molar-refractivity contribution is 0.129. The monoisotopic (exact) mass is 248 g/mol. The molecule has 0 aromatic carbocycles. The molecule has 2 atom stereocenters. The minimum atomic E-state index is 0.303. The molecule has 2 fully saturated rings. The van der Waals surface area contributed by atoms with Crippen LogP contribution in [0.2, 0.25) is 0 Å². The molecule has 18 heavy (non-hydrogen) atoms. The molecule has 0 amide bonds. The second-order valence-corrected chi connectivity index (χ2v) is 6.23. The van der Waals surface area contributed by atoms with Crippen LogP contribution in [0.5, 0.6) is 0 Å². The van der Waals surface area contributed by atoms with Crippen molar-refractivity contribution in [2.75, 3.05) is 19.6 Å². The van der Waals surface area contributed by atoms with Crippen molar-refractivity contribution >= 4 is 0 Å². The Balaban J connectivity index is 1.78. The van der Waals surface area contributed by atoms with Gasteiger partial charge in [0.15, 0.2) is 0 Å². The highest BCUT2D eigenvalue weighted by molar-refractivity contribution is 5.08. The van der Waals surface area contributed by atoms with E-state index in [1.165, 1.54) is 25.3 Å². The molecule has 100 valence electrons. The zero-order valence-electron chi connectivity index (χ0n) is 11.7. The molecular weight excluding hydrogens is 224 g/mol. The fourth-order valence-corrected chi connectivity index (χ4v) is 3.73. The first kappa shape index (κ1) is 12.2. The zero-order chi connectivity index (χ0) is 12.8. The zero-order valence-corrected chi connectivity index (χ0v) is 11.7. The van der Waals surface area contributed by atoms with Crippen molar-refractivity contribution in [3.05, 3.63) is 18.2 Å². The van der Waals surface area contributed by atoms with Crippen molar-refractivity contribution in [1.82, 2.24) is 19.8 Å². The van der Waals surface area contributed by atoms with Gasteiger partial charge in [-0.25, -0.2) is 4.98 Å². The average molecular weight is 248 g/mol. The van der Waals surface area contributed by atoms with E-state index in [1.54, 1.807) is 0 Å². The van der Waals surface area contributed by atoms with E-state index in [2.05, 4.69) is 40.5 Å². The molecule has 2 aliphatic heterocycles. The number of hydrogen-bond donors (Lipinski definition) is 1. The van der Waals surface area contributed by atoms with Crippen LogP contribution in [0.4, 0.5) is 0 Å². The minimum absolute atomic E-state index is 0.303. The summed E-state index contributed by atoms with van der Waals surface area (Å²) in [6, 6.07) is 0. The summed E-state index contributed by atoms with van der Waals surface area (Å²) in [6.07, 6.45) is 3.96. The van der Waals surface area contributed by atoms with Gasteiger partial charge in [0.1, 0.15) is 0 Å². The van der Waals surface area contributed by atoms with Crippen LogP contribution in [0.3, 0.4) is 0 Å². The Bertz CT molecular complexity index is 423. The Morgan fingerprint density at radius 1 is 1.44 bits per heavy atom. The Morgan fingerprint density at radius 3 is 3.00 bits per heavy atom. The van der Waals surface area contributed by atoms with E-state index in [4.69, 9.17) is 0 Å². The lowest BCUT2D eigenvalue weighted by Crippen LogP contribution is -2.44. The third-order valence-corrected chi connectivity index (χ3v) is 5.01.